The van der Waals surface area contributed by atoms with Crippen molar-refractivity contribution in [3.05, 3.63) is 92.6 Å². The Kier molecular flexibility index (Phi) is 7.29. The van der Waals surface area contributed by atoms with E-state index in [2.05, 4.69) is 10.3 Å². The van der Waals surface area contributed by atoms with Gasteiger partial charge in [0.15, 0.2) is 0 Å². The van der Waals surface area contributed by atoms with Crippen LogP contribution >= 0.6 is 11.6 Å². The molecule has 3 rings (SSSR count). The van der Waals surface area contributed by atoms with Gasteiger partial charge in [-0.1, -0.05) is 23.7 Å². The number of nitro groups is 1. The van der Waals surface area contributed by atoms with Gasteiger partial charge >= 0.3 is 5.69 Å². The molecule has 0 unspecified atom stereocenters. The van der Waals surface area contributed by atoms with E-state index in [4.69, 9.17) is 22.1 Å². The van der Waals surface area contributed by atoms with Gasteiger partial charge in [0.2, 0.25) is 5.91 Å². The number of benzene rings is 2. The molecule has 1 aromatic heterocycles. The van der Waals surface area contributed by atoms with E-state index in [0.717, 1.165) is 12.1 Å². The number of amides is 1. The summed E-state index contributed by atoms with van der Waals surface area (Å²) < 4.78 is 32.7. The smallest absolute Gasteiger partial charge is 0.331 e. The van der Waals surface area contributed by atoms with E-state index in [0.29, 0.717) is 11.3 Å². The summed E-state index contributed by atoms with van der Waals surface area (Å²) in [7, 11) is 0. The van der Waals surface area contributed by atoms with Crippen molar-refractivity contribution in [2.24, 2.45) is 5.73 Å². The molecule has 0 aliphatic carbocycles. The van der Waals surface area contributed by atoms with E-state index < -0.39 is 33.5 Å². The van der Waals surface area contributed by atoms with Gasteiger partial charge in [-0.2, -0.15) is 0 Å². The van der Waals surface area contributed by atoms with Crippen LogP contribution in [0.5, 0.6) is 11.6 Å². The first-order valence-electron chi connectivity index (χ1n) is 9.28. The van der Waals surface area contributed by atoms with Crippen molar-refractivity contribution < 1.29 is 23.2 Å². The molecule has 1 heterocycles. The number of nitrogens with zero attached hydrogens (tertiary/aromatic N) is 2. The van der Waals surface area contributed by atoms with Gasteiger partial charge < -0.3 is 15.8 Å². The van der Waals surface area contributed by atoms with Crippen LogP contribution in [0.1, 0.15) is 11.1 Å². The number of carbonyl (C=O) groups is 1. The Morgan fingerprint density at radius 1 is 1.19 bits per heavy atom. The highest BCUT2D eigenvalue weighted by molar-refractivity contribution is 6.31. The Balaban J connectivity index is 1.59. The average Bonchev–Trinajstić information content (AvgIpc) is 2.77. The number of hydrogen-bond donors (Lipinski definition) is 2. The topological polar surface area (TPSA) is 120 Å². The summed E-state index contributed by atoms with van der Waals surface area (Å²) in [6.07, 6.45) is 1.52. The van der Waals surface area contributed by atoms with Crippen molar-refractivity contribution in [3.8, 4) is 11.6 Å². The number of rotatable bonds is 8. The van der Waals surface area contributed by atoms with E-state index >= 15 is 0 Å². The number of nitrogens with two attached hydrogens (primary N) is 1. The standard InChI is InChI=1S/C21H17ClF2N4O4/c22-19-14(15(23)7-8-16(19)24)11-27-20(29)17(25)10-12-3-5-13(6-4-12)32-21-18(28(30)31)2-1-9-26-21/h1-9,17H,10-11,25H2,(H,27,29)/t17-/m0/s1. The van der Waals surface area contributed by atoms with Gasteiger partial charge in [-0.25, -0.2) is 13.8 Å². The third-order valence-electron chi connectivity index (χ3n) is 4.46. The molecular weight excluding hydrogens is 446 g/mol. The number of nitrogens with one attached hydrogen (secondary N) is 1. The highest BCUT2D eigenvalue weighted by atomic mass is 35.5. The second kappa shape index (κ2) is 10.1. The molecule has 8 nitrogen and oxygen atoms in total. The molecule has 11 heteroatoms. The minimum atomic E-state index is -0.964. The molecule has 0 saturated carbocycles. The summed E-state index contributed by atoms with van der Waals surface area (Å²) in [5, 5.41) is 13.1. The average molecular weight is 463 g/mol. The minimum absolute atomic E-state index is 0.148. The van der Waals surface area contributed by atoms with Crippen LogP contribution in [0, 0.1) is 21.7 Å². The number of ether oxygens (including phenoxy) is 1. The molecule has 0 aliphatic rings. The molecule has 3 aromatic rings. The zero-order chi connectivity index (χ0) is 23.3. The minimum Gasteiger partial charge on any atom is -0.434 e. The molecule has 0 spiro atoms. The van der Waals surface area contributed by atoms with Crippen LogP contribution in [0.2, 0.25) is 5.02 Å². The lowest BCUT2D eigenvalue weighted by Gasteiger charge is -2.14. The van der Waals surface area contributed by atoms with Gasteiger partial charge in [0.25, 0.3) is 5.88 Å². The molecule has 166 valence electrons. The monoisotopic (exact) mass is 462 g/mol. The van der Waals surface area contributed by atoms with E-state index in [1.807, 2.05) is 0 Å². The van der Waals surface area contributed by atoms with Gasteiger partial charge in [-0.3, -0.25) is 14.9 Å². The molecule has 1 atom stereocenters. The van der Waals surface area contributed by atoms with Crippen molar-refractivity contribution in [1.29, 1.82) is 0 Å². The normalized spacial score (nSPS) is 11.6. The fourth-order valence-corrected chi connectivity index (χ4v) is 3.01. The Bertz CT molecular complexity index is 1150. The zero-order valence-corrected chi connectivity index (χ0v) is 17.2. The predicted molar refractivity (Wildman–Crippen MR) is 112 cm³/mol. The van der Waals surface area contributed by atoms with Gasteiger partial charge in [-0.15, -0.1) is 0 Å². The Hall–Kier alpha value is -3.63. The van der Waals surface area contributed by atoms with Crippen LogP contribution in [0.25, 0.3) is 0 Å². The van der Waals surface area contributed by atoms with Crippen molar-refractivity contribution >= 4 is 23.2 Å². The van der Waals surface area contributed by atoms with Crippen LogP contribution in [0.15, 0.2) is 54.7 Å². The molecule has 0 saturated heterocycles. The highest BCUT2D eigenvalue weighted by Gasteiger charge is 2.18. The first kappa shape index (κ1) is 23.0. The molecule has 0 radical (unpaired) electrons. The lowest BCUT2D eigenvalue weighted by Crippen LogP contribution is -2.41. The third kappa shape index (κ3) is 5.54. The SMILES string of the molecule is N[C@@H](Cc1ccc(Oc2ncccc2[N+](=O)[O-])cc1)C(=O)NCc1c(F)ccc(F)c1Cl. The van der Waals surface area contributed by atoms with Gasteiger partial charge in [0, 0.05) is 24.4 Å². The Labute approximate surface area is 186 Å². The summed E-state index contributed by atoms with van der Waals surface area (Å²) in [6.45, 7) is -0.315. The Morgan fingerprint density at radius 2 is 1.88 bits per heavy atom. The first-order chi connectivity index (χ1) is 15.3. The molecule has 1 amide bonds. The molecule has 2 aromatic carbocycles. The van der Waals surface area contributed by atoms with Crippen LogP contribution in [0.4, 0.5) is 14.5 Å². The lowest BCUT2D eigenvalue weighted by atomic mass is 10.1. The van der Waals surface area contributed by atoms with Crippen LogP contribution < -0.4 is 15.8 Å². The van der Waals surface area contributed by atoms with Crippen molar-refractivity contribution in [2.75, 3.05) is 0 Å². The quantitative estimate of drug-likeness (QED) is 0.297. The first-order valence-corrected chi connectivity index (χ1v) is 9.66. The molecule has 0 bridgehead atoms. The van der Waals surface area contributed by atoms with E-state index in [-0.39, 0.29) is 30.1 Å². The van der Waals surface area contributed by atoms with Crippen LogP contribution in [0.3, 0.4) is 0 Å². The van der Waals surface area contributed by atoms with Crippen molar-refractivity contribution in [2.45, 2.75) is 19.0 Å². The van der Waals surface area contributed by atoms with E-state index in [1.54, 1.807) is 24.3 Å². The number of pyridine rings is 1. The maximum atomic E-state index is 13.8. The fraction of sp³-hybridized carbons (Fsp3) is 0.143. The summed E-state index contributed by atoms with van der Waals surface area (Å²) in [5.41, 5.74) is 6.15. The van der Waals surface area contributed by atoms with Gasteiger partial charge in [0.1, 0.15) is 17.4 Å². The number of aromatic nitrogens is 1. The summed E-state index contributed by atoms with van der Waals surface area (Å²) in [4.78, 5) is 26.5. The lowest BCUT2D eigenvalue weighted by molar-refractivity contribution is -0.386. The number of hydrogen-bond acceptors (Lipinski definition) is 6. The maximum Gasteiger partial charge on any atom is 0.331 e. The molecule has 32 heavy (non-hydrogen) atoms. The third-order valence-corrected chi connectivity index (χ3v) is 4.86. The Morgan fingerprint density at radius 3 is 2.56 bits per heavy atom. The maximum absolute atomic E-state index is 13.8. The highest BCUT2D eigenvalue weighted by Crippen LogP contribution is 2.28. The second-order valence-electron chi connectivity index (χ2n) is 6.68. The number of halogens is 3. The summed E-state index contributed by atoms with van der Waals surface area (Å²) >= 11 is 5.74. The molecular formula is C21H17ClF2N4O4. The predicted octanol–water partition coefficient (Wildman–Crippen LogP) is 3.90. The van der Waals surface area contributed by atoms with Crippen LogP contribution in [-0.4, -0.2) is 21.9 Å². The summed E-state index contributed by atoms with van der Waals surface area (Å²) in [6, 6.07) is 9.95. The van der Waals surface area contributed by atoms with Gasteiger partial charge in [-0.05, 0) is 42.3 Å². The van der Waals surface area contributed by atoms with E-state index in [1.165, 1.54) is 18.3 Å². The van der Waals surface area contributed by atoms with Crippen molar-refractivity contribution in [1.82, 2.24) is 10.3 Å². The largest absolute Gasteiger partial charge is 0.434 e. The van der Waals surface area contributed by atoms with Gasteiger partial charge in [0.05, 0.1) is 16.0 Å². The molecule has 0 aliphatic heterocycles. The molecule has 0 fully saturated rings. The fourth-order valence-electron chi connectivity index (χ4n) is 2.79. The second-order valence-corrected chi connectivity index (χ2v) is 7.06. The zero-order valence-electron chi connectivity index (χ0n) is 16.4. The van der Waals surface area contributed by atoms with Crippen LogP contribution in [-0.2, 0) is 17.8 Å². The number of carbonyl (C=O) groups excluding carboxylic acids is 1. The van der Waals surface area contributed by atoms with E-state index in [9.17, 15) is 23.7 Å². The summed E-state index contributed by atoms with van der Waals surface area (Å²) in [5.74, 6) is -1.95. The molecule has 3 N–H and O–H groups in total. The van der Waals surface area contributed by atoms with Crippen molar-refractivity contribution in [3.63, 3.8) is 0 Å².